The summed E-state index contributed by atoms with van der Waals surface area (Å²) in [6.07, 6.45) is 0. The Kier molecular flexibility index (Phi) is 3.57. The van der Waals surface area contributed by atoms with Crippen LogP contribution in [0.15, 0.2) is 28.6 Å². The largest absolute Gasteiger partial charge is 0.275 e. The monoisotopic (exact) mass is 371 g/mol. The molecule has 0 atom stereocenters. The third-order valence-electron chi connectivity index (χ3n) is 5.60. The Balaban J connectivity index is 2.00. The molecule has 1 aliphatic heterocycles. The van der Waals surface area contributed by atoms with E-state index in [1.54, 1.807) is 18.3 Å². The zero-order valence-electron chi connectivity index (χ0n) is 15.3. The van der Waals surface area contributed by atoms with E-state index >= 15 is 0 Å². The number of fused-ring (bicyclic) bond motifs is 2. The second kappa shape index (κ2) is 5.39. The Morgan fingerprint density at radius 3 is 2.46 bits per heavy atom. The number of aliphatic imine (C=N–C) groups is 1. The van der Waals surface area contributed by atoms with Gasteiger partial charge in [-0.1, -0.05) is 13.8 Å². The summed E-state index contributed by atoms with van der Waals surface area (Å²) in [5.41, 5.74) is 2.97. The van der Waals surface area contributed by atoms with Gasteiger partial charge in [0.05, 0.1) is 21.6 Å². The van der Waals surface area contributed by atoms with Gasteiger partial charge in [-0.25, -0.2) is 18.7 Å². The Hall–Kier alpha value is -2.21. The van der Waals surface area contributed by atoms with Gasteiger partial charge in [0, 0.05) is 5.41 Å². The molecule has 0 saturated heterocycles. The van der Waals surface area contributed by atoms with Gasteiger partial charge in [-0.3, -0.25) is 4.99 Å². The Labute approximate surface area is 154 Å². The van der Waals surface area contributed by atoms with Gasteiger partial charge in [-0.2, -0.15) is 0 Å². The van der Waals surface area contributed by atoms with E-state index < -0.39 is 11.6 Å². The minimum absolute atomic E-state index is 0.0475. The van der Waals surface area contributed by atoms with Gasteiger partial charge in [-0.15, -0.1) is 11.3 Å². The molecule has 0 saturated carbocycles. The van der Waals surface area contributed by atoms with Crippen LogP contribution in [-0.2, 0) is 5.41 Å². The molecule has 0 unspecified atom stereocenters. The summed E-state index contributed by atoms with van der Waals surface area (Å²) >= 11 is 1.62. The number of nitrogens with zero attached hydrogens (tertiary/aromatic N) is 3. The second-order valence-corrected chi connectivity index (χ2v) is 8.61. The molecule has 1 aromatic carbocycles. The van der Waals surface area contributed by atoms with Gasteiger partial charge in [0.25, 0.3) is 0 Å². The number of hydrogen-bond donors (Lipinski definition) is 0. The highest BCUT2D eigenvalue weighted by Gasteiger charge is 2.45. The van der Waals surface area contributed by atoms with Gasteiger partial charge in [0.2, 0.25) is 0 Å². The van der Waals surface area contributed by atoms with E-state index in [-0.39, 0.29) is 16.5 Å². The standard InChI is InChI=1S/C20H19F2N3S/c1-10-15(24-13-7-6-12(21)14(22)16(13)23-10)17-18-11(8-9-26-18)19(2,3)20(4,5)25-17/h6-9H,1-5H3. The van der Waals surface area contributed by atoms with Gasteiger partial charge in [0.1, 0.15) is 16.9 Å². The lowest BCUT2D eigenvalue weighted by Gasteiger charge is -2.43. The molecule has 3 heterocycles. The fourth-order valence-electron chi connectivity index (χ4n) is 3.32. The molecule has 3 nitrogen and oxygen atoms in total. The van der Waals surface area contributed by atoms with Crippen LogP contribution in [0.2, 0.25) is 0 Å². The number of aryl methyl sites for hydroxylation is 1. The molecule has 0 bridgehead atoms. The zero-order chi connectivity index (χ0) is 18.9. The molecule has 0 fully saturated rings. The topological polar surface area (TPSA) is 38.1 Å². The molecule has 26 heavy (non-hydrogen) atoms. The van der Waals surface area contributed by atoms with Crippen LogP contribution in [0.3, 0.4) is 0 Å². The fraction of sp³-hybridized carbons (Fsp3) is 0.350. The summed E-state index contributed by atoms with van der Waals surface area (Å²) in [5, 5.41) is 2.06. The van der Waals surface area contributed by atoms with Crippen LogP contribution >= 0.6 is 11.3 Å². The van der Waals surface area contributed by atoms with Crippen LogP contribution in [0.1, 0.15) is 49.5 Å². The van der Waals surface area contributed by atoms with Crippen molar-refractivity contribution < 1.29 is 8.78 Å². The number of halogens is 2. The van der Waals surface area contributed by atoms with Gasteiger partial charge < -0.3 is 0 Å². The van der Waals surface area contributed by atoms with Gasteiger partial charge in [0.15, 0.2) is 11.6 Å². The summed E-state index contributed by atoms with van der Waals surface area (Å²) in [4.78, 5) is 15.0. The van der Waals surface area contributed by atoms with Crippen molar-refractivity contribution >= 4 is 28.1 Å². The molecule has 0 spiro atoms. The van der Waals surface area contributed by atoms with Crippen molar-refractivity contribution in [2.45, 2.75) is 45.6 Å². The van der Waals surface area contributed by atoms with Crippen molar-refractivity contribution in [3.8, 4) is 0 Å². The van der Waals surface area contributed by atoms with Gasteiger partial charge >= 0.3 is 0 Å². The highest BCUT2D eigenvalue weighted by atomic mass is 32.1. The van der Waals surface area contributed by atoms with E-state index in [0.29, 0.717) is 16.9 Å². The molecular weight excluding hydrogens is 352 g/mol. The maximum Gasteiger partial charge on any atom is 0.186 e. The molecule has 134 valence electrons. The van der Waals surface area contributed by atoms with E-state index in [1.165, 1.54) is 11.6 Å². The lowest BCUT2D eigenvalue weighted by Crippen LogP contribution is -2.45. The lowest BCUT2D eigenvalue weighted by molar-refractivity contribution is 0.305. The number of rotatable bonds is 1. The van der Waals surface area contributed by atoms with E-state index in [1.807, 2.05) is 0 Å². The molecular formula is C20H19F2N3S. The third-order valence-corrected chi connectivity index (χ3v) is 6.52. The molecule has 0 amide bonds. The molecule has 0 N–H and O–H groups in total. The summed E-state index contributed by atoms with van der Waals surface area (Å²) < 4.78 is 27.6. The first-order valence-electron chi connectivity index (χ1n) is 8.44. The first kappa shape index (κ1) is 17.2. The maximum atomic E-state index is 14.1. The van der Waals surface area contributed by atoms with E-state index in [0.717, 1.165) is 16.7 Å². The maximum absolute atomic E-state index is 14.1. The number of hydrogen-bond acceptors (Lipinski definition) is 4. The quantitative estimate of drug-likeness (QED) is 0.591. The molecule has 4 rings (SSSR count). The van der Waals surface area contributed by atoms with Crippen LogP contribution in [0.5, 0.6) is 0 Å². The molecule has 1 aliphatic rings. The van der Waals surface area contributed by atoms with Crippen molar-refractivity contribution in [1.29, 1.82) is 0 Å². The van der Waals surface area contributed by atoms with Crippen molar-refractivity contribution in [2.75, 3.05) is 0 Å². The minimum atomic E-state index is -0.964. The van der Waals surface area contributed by atoms with Crippen LogP contribution in [0, 0.1) is 18.6 Å². The Bertz CT molecular complexity index is 1080. The second-order valence-electron chi connectivity index (χ2n) is 7.69. The van der Waals surface area contributed by atoms with E-state index in [2.05, 4.69) is 49.1 Å². The summed E-state index contributed by atoms with van der Waals surface area (Å²) in [5.74, 6) is -1.88. The SMILES string of the molecule is Cc1nc2c(F)c(F)ccc2nc1C1=NC(C)(C)C(C)(C)c2ccsc21. The molecule has 0 aliphatic carbocycles. The predicted octanol–water partition coefficient (Wildman–Crippen LogP) is 5.19. The number of benzene rings is 1. The first-order chi connectivity index (χ1) is 12.1. The van der Waals surface area contributed by atoms with Crippen LogP contribution in [-0.4, -0.2) is 21.2 Å². The average molecular weight is 371 g/mol. The zero-order valence-corrected chi connectivity index (χ0v) is 16.1. The average Bonchev–Trinajstić information content (AvgIpc) is 3.06. The van der Waals surface area contributed by atoms with Crippen LogP contribution in [0.25, 0.3) is 11.0 Å². The number of aromatic nitrogens is 2. The fourth-order valence-corrected chi connectivity index (χ4v) is 4.36. The normalized spacial score (nSPS) is 17.9. The smallest absolute Gasteiger partial charge is 0.186 e. The van der Waals surface area contributed by atoms with Crippen LogP contribution in [0.4, 0.5) is 8.78 Å². The minimum Gasteiger partial charge on any atom is -0.275 e. The van der Waals surface area contributed by atoms with Crippen molar-refractivity contribution in [3.63, 3.8) is 0 Å². The van der Waals surface area contributed by atoms with Crippen molar-refractivity contribution in [3.05, 3.63) is 57.0 Å². The molecule has 6 heteroatoms. The molecule has 2 aromatic heterocycles. The van der Waals surface area contributed by atoms with Crippen molar-refractivity contribution in [1.82, 2.24) is 9.97 Å². The molecule has 3 aromatic rings. The van der Waals surface area contributed by atoms with Crippen molar-refractivity contribution in [2.24, 2.45) is 4.99 Å². The van der Waals surface area contributed by atoms with E-state index in [4.69, 9.17) is 4.99 Å². The molecule has 0 radical (unpaired) electrons. The summed E-state index contributed by atoms with van der Waals surface area (Å²) in [7, 11) is 0. The number of thiophene rings is 1. The highest BCUT2D eigenvalue weighted by Crippen LogP contribution is 2.45. The highest BCUT2D eigenvalue weighted by molar-refractivity contribution is 7.12. The predicted molar refractivity (Wildman–Crippen MR) is 101 cm³/mol. The Morgan fingerprint density at radius 1 is 1.00 bits per heavy atom. The Morgan fingerprint density at radius 2 is 1.73 bits per heavy atom. The summed E-state index contributed by atoms with van der Waals surface area (Å²) in [6, 6.07) is 4.67. The summed E-state index contributed by atoms with van der Waals surface area (Å²) in [6.45, 7) is 10.3. The van der Waals surface area contributed by atoms with Crippen LogP contribution < -0.4 is 0 Å². The lowest BCUT2D eigenvalue weighted by atomic mass is 9.68. The third kappa shape index (κ3) is 2.24. The van der Waals surface area contributed by atoms with E-state index in [9.17, 15) is 8.78 Å². The van der Waals surface area contributed by atoms with Gasteiger partial charge in [-0.05, 0) is 49.9 Å². The first-order valence-corrected chi connectivity index (χ1v) is 9.32.